The molecule has 0 aliphatic carbocycles. The standard InChI is InChI=1S/C48H30N2/c1-3-15-31(16-4-1)35-21-7-8-22-36(35)33-19-13-20-34(29-33)49-43-28-14-25-38-37-23-9-11-26-41(37)50-42-27-12-10-24-39(42)45-40(32-17-5-2-6-18-32)30-44(49)47(46(38)43)48(45)50/h1-30H. The van der Waals surface area contributed by atoms with Gasteiger partial charge >= 0.3 is 0 Å². The Labute approximate surface area is 289 Å². The van der Waals surface area contributed by atoms with Crippen LogP contribution in [-0.4, -0.2) is 8.97 Å². The van der Waals surface area contributed by atoms with Gasteiger partial charge in [-0.05, 0) is 75.2 Å². The fourth-order valence-corrected chi connectivity index (χ4v) is 8.60. The summed E-state index contributed by atoms with van der Waals surface area (Å²) in [4.78, 5) is 0. The van der Waals surface area contributed by atoms with Gasteiger partial charge in [0.2, 0.25) is 0 Å². The zero-order valence-electron chi connectivity index (χ0n) is 27.2. The number of para-hydroxylation sites is 2. The van der Waals surface area contributed by atoms with Crippen LogP contribution in [0.15, 0.2) is 182 Å². The summed E-state index contributed by atoms with van der Waals surface area (Å²) < 4.78 is 5.04. The Morgan fingerprint density at radius 1 is 0.300 bits per heavy atom. The van der Waals surface area contributed by atoms with Crippen molar-refractivity contribution < 1.29 is 0 Å². The highest BCUT2D eigenvalue weighted by Gasteiger charge is 2.25. The lowest BCUT2D eigenvalue weighted by molar-refractivity contribution is 1.18. The Balaban J connectivity index is 1.33. The van der Waals surface area contributed by atoms with E-state index in [1.807, 2.05) is 0 Å². The highest BCUT2D eigenvalue weighted by atomic mass is 15.0. The molecular weight excluding hydrogens is 605 g/mol. The van der Waals surface area contributed by atoms with Crippen molar-refractivity contribution in [2.24, 2.45) is 0 Å². The molecule has 0 atom stereocenters. The first-order valence-electron chi connectivity index (χ1n) is 17.3. The van der Waals surface area contributed by atoms with Crippen molar-refractivity contribution in [3.05, 3.63) is 182 Å². The summed E-state index contributed by atoms with van der Waals surface area (Å²) in [5.41, 5.74) is 14.6. The van der Waals surface area contributed by atoms with Gasteiger partial charge in [0.1, 0.15) is 0 Å². The second-order valence-electron chi connectivity index (χ2n) is 13.3. The summed E-state index contributed by atoms with van der Waals surface area (Å²) in [5.74, 6) is 0. The van der Waals surface area contributed by atoms with Crippen molar-refractivity contribution in [3.63, 3.8) is 0 Å². The van der Waals surface area contributed by atoms with Gasteiger partial charge in [-0.15, -0.1) is 0 Å². The monoisotopic (exact) mass is 634 g/mol. The summed E-state index contributed by atoms with van der Waals surface area (Å²) in [7, 11) is 0. The van der Waals surface area contributed by atoms with Crippen LogP contribution >= 0.6 is 0 Å². The van der Waals surface area contributed by atoms with Crippen molar-refractivity contribution in [1.29, 1.82) is 0 Å². The number of rotatable bonds is 4. The Bertz CT molecular complexity index is 3070. The number of hydrogen-bond acceptors (Lipinski definition) is 0. The molecule has 232 valence electrons. The molecule has 0 saturated carbocycles. The van der Waals surface area contributed by atoms with Gasteiger partial charge in [-0.25, -0.2) is 0 Å². The van der Waals surface area contributed by atoms with Gasteiger partial charge in [-0.1, -0.05) is 146 Å². The smallest absolute Gasteiger partial charge is 0.0648 e. The van der Waals surface area contributed by atoms with Gasteiger partial charge in [0.15, 0.2) is 0 Å². The van der Waals surface area contributed by atoms with E-state index in [0.29, 0.717) is 0 Å². The van der Waals surface area contributed by atoms with Crippen molar-refractivity contribution in [2.75, 3.05) is 0 Å². The van der Waals surface area contributed by atoms with Crippen molar-refractivity contribution >= 4 is 59.9 Å². The van der Waals surface area contributed by atoms with E-state index in [-0.39, 0.29) is 0 Å². The molecule has 0 aliphatic rings. The van der Waals surface area contributed by atoms with E-state index in [4.69, 9.17) is 0 Å². The first-order valence-corrected chi connectivity index (χ1v) is 17.3. The average molecular weight is 635 g/mol. The van der Waals surface area contributed by atoms with Gasteiger partial charge in [-0.2, -0.15) is 0 Å². The number of nitrogens with zero attached hydrogens (tertiary/aromatic N) is 2. The van der Waals surface area contributed by atoms with Crippen LogP contribution in [0.1, 0.15) is 0 Å². The van der Waals surface area contributed by atoms with Crippen molar-refractivity contribution in [1.82, 2.24) is 8.97 Å². The number of fused-ring (bicyclic) bond motifs is 6. The van der Waals surface area contributed by atoms with Crippen LogP contribution in [0.2, 0.25) is 0 Å². The summed E-state index contributed by atoms with van der Waals surface area (Å²) >= 11 is 0. The SMILES string of the molecule is c1ccc(-c2ccccc2-c2cccc(-n3c4cccc5c6ccccc6n6c7ccccc7c7c(-c8ccccc8)cc3c(c54)c76)c2)cc1. The van der Waals surface area contributed by atoms with E-state index in [9.17, 15) is 0 Å². The molecule has 0 bridgehead atoms. The lowest BCUT2D eigenvalue weighted by atomic mass is 9.94. The maximum Gasteiger partial charge on any atom is 0.0648 e. The largest absolute Gasteiger partial charge is 0.309 e. The zero-order valence-corrected chi connectivity index (χ0v) is 27.2. The second kappa shape index (κ2) is 10.4. The van der Waals surface area contributed by atoms with Crippen LogP contribution in [0.5, 0.6) is 0 Å². The molecule has 11 rings (SSSR count). The van der Waals surface area contributed by atoms with Gasteiger partial charge in [0.25, 0.3) is 0 Å². The van der Waals surface area contributed by atoms with Crippen LogP contribution in [-0.2, 0) is 0 Å². The molecular formula is C48H30N2. The lowest BCUT2D eigenvalue weighted by Gasteiger charge is -2.14. The normalized spacial score (nSPS) is 12.0. The third kappa shape index (κ3) is 3.73. The average Bonchev–Trinajstić information content (AvgIpc) is 3.67. The predicted molar refractivity (Wildman–Crippen MR) is 212 cm³/mol. The van der Waals surface area contributed by atoms with Crippen molar-refractivity contribution in [2.45, 2.75) is 0 Å². The molecule has 0 fully saturated rings. The van der Waals surface area contributed by atoms with Gasteiger partial charge < -0.3 is 8.97 Å². The van der Waals surface area contributed by atoms with Crippen LogP contribution < -0.4 is 0 Å². The van der Waals surface area contributed by atoms with E-state index < -0.39 is 0 Å². The molecule has 0 radical (unpaired) electrons. The van der Waals surface area contributed by atoms with E-state index in [2.05, 4.69) is 191 Å². The third-order valence-electron chi connectivity index (χ3n) is 10.6. The molecule has 8 aromatic carbocycles. The second-order valence-corrected chi connectivity index (χ2v) is 13.3. The molecule has 3 heterocycles. The fraction of sp³-hybridized carbons (Fsp3) is 0. The van der Waals surface area contributed by atoms with Gasteiger partial charge in [-0.3, -0.25) is 0 Å². The Morgan fingerprint density at radius 2 is 0.840 bits per heavy atom. The quantitative estimate of drug-likeness (QED) is 0.182. The Hall–Kier alpha value is -6.64. The van der Waals surface area contributed by atoms with Crippen LogP contribution in [0.4, 0.5) is 0 Å². The van der Waals surface area contributed by atoms with E-state index in [1.54, 1.807) is 0 Å². The predicted octanol–water partition coefficient (Wildman–Crippen LogP) is 12.9. The minimum absolute atomic E-state index is 1.15. The Kier molecular flexibility index (Phi) is 5.70. The summed E-state index contributed by atoms with van der Waals surface area (Å²) in [6.07, 6.45) is 0. The van der Waals surface area contributed by atoms with E-state index in [0.717, 1.165) is 5.69 Å². The number of hydrogen-bond donors (Lipinski definition) is 0. The molecule has 50 heavy (non-hydrogen) atoms. The number of benzene rings is 8. The topological polar surface area (TPSA) is 9.34 Å². The molecule has 0 amide bonds. The molecule has 0 saturated heterocycles. The Morgan fingerprint density at radius 3 is 1.60 bits per heavy atom. The summed E-state index contributed by atoms with van der Waals surface area (Å²) in [5, 5.41) is 7.70. The van der Waals surface area contributed by atoms with E-state index >= 15 is 0 Å². The molecule has 0 spiro atoms. The van der Waals surface area contributed by atoms with Crippen LogP contribution in [0.25, 0.3) is 99.0 Å². The first-order chi connectivity index (χ1) is 24.8. The molecule has 0 N–H and O–H groups in total. The maximum absolute atomic E-state index is 2.53. The first kappa shape index (κ1) is 27.3. The molecule has 2 nitrogen and oxygen atoms in total. The third-order valence-corrected chi connectivity index (χ3v) is 10.6. The zero-order chi connectivity index (χ0) is 32.8. The van der Waals surface area contributed by atoms with Gasteiger partial charge in [0.05, 0.1) is 27.6 Å². The highest BCUT2D eigenvalue weighted by Crippen LogP contribution is 2.48. The summed E-state index contributed by atoms with van der Waals surface area (Å²) in [6, 6.07) is 66.6. The fourth-order valence-electron chi connectivity index (χ4n) is 8.60. The minimum Gasteiger partial charge on any atom is -0.309 e. The maximum atomic E-state index is 2.53. The highest BCUT2D eigenvalue weighted by molar-refractivity contribution is 6.35. The van der Waals surface area contributed by atoms with Crippen LogP contribution in [0.3, 0.4) is 0 Å². The molecule has 3 aromatic heterocycles. The summed E-state index contributed by atoms with van der Waals surface area (Å²) in [6.45, 7) is 0. The minimum atomic E-state index is 1.15. The molecule has 0 aliphatic heterocycles. The van der Waals surface area contributed by atoms with E-state index in [1.165, 1.54) is 93.3 Å². The van der Waals surface area contributed by atoms with Gasteiger partial charge in [0, 0.05) is 32.6 Å². The molecule has 2 heteroatoms. The lowest BCUT2D eigenvalue weighted by Crippen LogP contribution is -1.96. The van der Waals surface area contributed by atoms with Crippen molar-refractivity contribution in [3.8, 4) is 39.1 Å². The molecule has 0 unspecified atom stereocenters. The number of aromatic nitrogens is 2. The van der Waals surface area contributed by atoms with Crippen LogP contribution in [0, 0.1) is 0 Å². The molecule has 11 aromatic rings.